The van der Waals surface area contributed by atoms with Gasteiger partial charge in [0.25, 0.3) is 0 Å². The van der Waals surface area contributed by atoms with Crippen LogP contribution in [-0.4, -0.2) is 40.9 Å². The smallest absolute Gasteiger partial charge is 0.180 e. The highest BCUT2D eigenvalue weighted by atomic mass is 32.2. The molecule has 2 heterocycles. The average Bonchev–Trinajstić information content (AvgIpc) is 2.52. The molecule has 22 heavy (non-hydrogen) atoms. The maximum absolute atomic E-state index is 12.3. The second-order valence-corrected chi connectivity index (χ2v) is 8.38. The molecule has 7 heteroatoms. The van der Waals surface area contributed by atoms with Crippen molar-refractivity contribution in [2.45, 2.75) is 36.9 Å². The SMILES string of the molecule is CS(=O)(=O)C1(CNc2ccc3nccnc3n2)CCCCC1. The van der Waals surface area contributed by atoms with Gasteiger partial charge in [-0.3, -0.25) is 4.98 Å². The molecule has 0 aliphatic heterocycles. The van der Waals surface area contributed by atoms with Crippen molar-refractivity contribution in [2.75, 3.05) is 18.1 Å². The number of sulfone groups is 1. The van der Waals surface area contributed by atoms with Crippen LogP contribution in [-0.2, 0) is 9.84 Å². The van der Waals surface area contributed by atoms with E-state index >= 15 is 0 Å². The van der Waals surface area contributed by atoms with Crippen LogP contribution < -0.4 is 5.32 Å². The van der Waals surface area contributed by atoms with Gasteiger partial charge in [0.05, 0.1) is 4.75 Å². The Hall–Kier alpha value is -1.76. The highest BCUT2D eigenvalue weighted by molar-refractivity contribution is 7.92. The summed E-state index contributed by atoms with van der Waals surface area (Å²) in [5.74, 6) is 0.640. The Labute approximate surface area is 130 Å². The zero-order valence-corrected chi connectivity index (χ0v) is 13.4. The number of aromatic nitrogens is 3. The van der Waals surface area contributed by atoms with Crippen molar-refractivity contribution >= 4 is 26.8 Å². The number of nitrogens with one attached hydrogen (secondary N) is 1. The number of hydrogen-bond acceptors (Lipinski definition) is 6. The predicted molar refractivity (Wildman–Crippen MR) is 86.5 cm³/mol. The Balaban J connectivity index is 1.81. The van der Waals surface area contributed by atoms with Gasteiger partial charge in [-0.15, -0.1) is 0 Å². The zero-order valence-electron chi connectivity index (χ0n) is 12.6. The van der Waals surface area contributed by atoms with E-state index in [4.69, 9.17) is 0 Å². The third kappa shape index (κ3) is 2.90. The number of rotatable bonds is 4. The highest BCUT2D eigenvalue weighted by Gasteiger charge is 2.41. The van der Waals surface area contributed by atoms with Crippen molar-refractivity contribution in [3.05, 3.63) is 24.5 Å². The molecule has 1 N–H and O–H groups in total. The van der Waals surface area contributed by atoms with E-state index in [0.717, 1.165) is 24.8 Å². The molecule has 0 spiro atoms. The van der Waals surface area contributed by atoms with Crippen LogP contribution in [0.4, 0.5) is 5.82 Å². The predicted octanol–water partition coefficient (Wildman–Crippen LogP) is 2.18. The van der Waals surface area contributed by atoms with Gasteiger partial charge in [0, 0.05) is 25.2 Å². The third-order valence-electron chi connectivity index (χ3n) is 4.47. The topological polar surface area (TPSA) is 84.8 Å². The monoisotopic (exact) mass is 320 g/mol. The van der Waals surface area contributed by atoms with Gasteiger partial charge in [-0.25, -0.2) is 18.4 Å². The number of hydrogen-bond donors (Lipinski definition) is 1. The third-order valence-corrected chi connectivity index (χ3v) is 6.60. The maximum atomic E-state index is 12.3. The van der Waals surface area contributed by atoms with Crippen molar-refractivity contribution in [1.82, 2.24) is 15.0 Å². The van der Waals surface area contributed by atoms with Crippen molar-refractivity contribution < 1.29 is 8.42 Å². The van der Waals surface area contributed by atoms with E-state index in [2.05, 4.69) is 20.3 Å². The van der Waals surface area contributed by atoms with Gasteiger partial charge in [0.15, 0.2) is 15.5 Å². The van der Waals surface area contributed by atoms with Gasteiger partial charge >= 0.3 is 0 Å². The molecule has 0 atom stereocenters. The number of anilines is 1. The molecule has 1 saturated carbocycles. The van der Waals surface area contributed by atoms with Gasteiger partial charge in [-0.2, -0.15) is 0 Å². The minimum Gasteiger partial charge on any atom is -0.368 e. The molecule has 1 aliphatic rings. The summed E-state index contributed by atoms with van der Waals surface area (Å²) >= 11 is 0. The molecule has 1 fully saturated rings. The lowest BCUT2D eigenvalue weighted by molar-refractivity contribution is 0.386. The fourth-order valence-electron chi connectivity index (χ4n) is 3.08. The van der Waals surface area contributed by atoms with E-state index in [0.29, 0.717) is 30.9 Å². The molecule has 0 saturated heterocycles. The molecule has 0 bridgehead atoms. The van der Waals surface area contributed by atoms with Crippen LogP contribution in [0, 0.1) is 0 Å². The van der Waals surface area contributed by atoms with Gasteiger partial charge in [-0.1, -0.05) is 19.3 Å². The van der Waals surface area contributed by atoms with Crippen LogP contribution in [0.3, 0.4) is 0 Å². The summed E-state index contributed by atoms with van der Waals surface area (Å²) in [7, 11) is -3.12. The van der Waals surface area contributed by atoms with Gasteiger partial charge in [-0.05, 0) is 25.0 Å². The van der Waals surface area contributed by atoms with Gasteiger partial charge < -0.3 is 5.32 Å². The van der Waals surface area contributed by atoms with Gasteiger partial charge in [0.1, 0.15) is 11.3 Å². The fraction of sp³-hybridized carbons (Fsp3) is 0.533. The first-order valence-corrected chi connectivity index (χ1v) is 9.41. The average molecular weight is 320 g/mol. The van der Waals surface area contributed by atoms with Crippen LogP contribution in [0.1, 0.15) is 32.1 Å². The van der Waals surface area contributed by atoms with E-state index in [1.165, 1.54) is 6.26 Å². The van der Waals surface area contributed by atoms with E-state index in [1.807, 2.05) is 12.1 Å². The second-order valence-electron chi connectivity index (χ2n) is 5.96. The standard InChI is InChI=1S/C15H20N4O2S/c1-22(20,21)15(7-3-2-4-8-15)11-18-13-6-5-12-14(19-13)17-10-9-16-12/h5-6,9-10H,2-4,7-8,11H2,1H3,(H,17,18,19). The molecular weight excluding hydrogens is 300 g/mol. The Morgan fingerprint density at radius 1 is 1.14 bits per heavy atom. The van der Waals surface area contributed by atoms with Crippen LogP contribution in [0.2, 0.25) is 0 Å². The second kappa shape index (κ2) is 5.79. The highest BCUT2D eigenvalue weighted by Crippen LogP contribution is 2.35. The molecule has 3 rings (SSSR count). The lowest BCUT2D eigenvalue weighted by Crippen LogP contribution is -2.46. The quantitative estimate of drug-likeness (QED) is 0.929. The lowest BCUT2D eigenvalue weighted by atomic mass is 9.88. The van der Waals surface area contributed by atoms with Crippen molar-refractivity contribution in [1.29, 1.82) is 0 Å². The molecule has 2 aromatic rings. The summed E-state index contributed by atoms with van der Waals surface area (Å²) in [6.45, 7) is 0.393. The van der Waals surface area contributed by atoms with Crippen LogP contribution >= 0.6 is 0 Å². The molecule has 0 amide bonds. The minimum atomic E-state index is -3.12. The Bertz CT molecular complexity index is 770. The summed E-state index contributed by atoms with van der Waals surface area (Å²) in [4.78, 5) is 12.7. The van der Waals surface area contributed by atoms with E-state index in [-0.39, 0.29) is 0 Å². The first kappa shape index (κ1) is 15.1. The minimum absolute atomic E-state index is 0.393. The summed E-state index contributed by atoms with van der Waals surface area (Å²) in [6, 6.07) is 3.65. The van der Waals surface area contributed by atoms with E-state index in [1.54, 1.807) is 12.4 Å². The number of pyridine rings is 1. The largest absolute Gasteiger partial charge is 0.368 e. The summed E-state index contributed by atoms with van der Waals surface area (Å²) in [6.07, 6.45) is 9.03. The van der Waals surface area contributed by atoms with E-state index in [9.17, 15) is 8.42 Å². The van der Waals surface area contributed by atoms with Crippen LogP contribution in [0.5, 0.6) is 0 Å². The number of nitrogens with zero attached hydrogens (tertiary/aromatic N) is 3. The molecular formula is C15H20N4O2S. The molecule has 6 nitrogen and oxygen atoms in total. The summed E-state index contributed by atoms with van der Waals surface area (Å²) in [5.41, 5.74) is 1.29. The van der Waals surface area contributed by atoms with E-state index < -0.39 is 14.6 Å². The van der Waals surface area contributed by atoms with Crippen LogP contribution in [0.25, 0.3) is 11.2 Å². The Kier molecular flexibility index (Phi) is 3.99. The maximum Gasteiger partial charge on any atom is 0.180 e. The molecule has 0 radical (unpaired) electrons. The molecule has 2 aromatic heterocycles. The Morgan fingerprint density at radius 3 is 2.59 bits per heavy atom. The normalized spacial score (nSPS) is 18.2. The summed E-state index contributed by atoms with van der Waals surface area (Å²) < 4.78 is 23.8. The Morgan fingerprint density at radius 2 is 1.86 bits per heavy atom. The van der Waals surface area contributed by atoms with Crippen LogP contribution in [0.15, 0.2) is 24.5 Å². The van der Waals surface area contributed by atoms with Crippen molar-refractivity contribution in [2.24, 2.45) is 0 Å². The molecule has 118 valence electrons. The number of fused-ring (bicyclic) bond motifs is 1. The fourth-order valence-corrected chi connectivity index (χ4v) is 4.44. The first-order chi connectivity index (χ1) is 10.5. The van der Waals surface area contributed by atoms with Gasteiger partial charge in [0.2, 0.25) is 0 Å². The zero-order chi connectivity index (χ0) is 15.6. The molecule has 0 unspecified atom stereocenters. The first-order valence-electron chi connectivity index (χ1n) is 7.51. The van der Waals surface area contributed by atoms with Crippen molar-refractivity contribution in [3.8, 4) is 0 Å². The molecule has 1 aliphatic carbocycles. The molecule has 0 aromatic carbocycles. The van der Waals surface area contributed by atoms with Crippen molar-refractivity contribution in [3.63, 3.8) is 0 Å². The lowest BCUT2D eigenvalue weighted by Gasteiger charge is -2.35. The summed E-state index contributed by atoms with van der Waals surface area (Å²) in [5, 5.41) is 3.20.